The van der Waals surface area contributed by atoms with E-state index in [1.807, 2.05) is 30.5 Å². The van der Waals surface area contributed by atoms with E-state index in [1.165, 1.54) is 0 Å². The molecule has 0 unspecified atom stereocenters. The molecular formula is C14H10BrClN2OS. The number of thiophene rings is 1. The van der Waals surface area contributed by atoms with Gasteiger partial charge in [-0.05, 0) is 52.0 Å². The van der Waals surface area contributed by atoms with E-state index in [0.717, 1.165) is 20.3 Å². The minimum atomic E-state index is 0.420. The van der Waals surface area contributed by atoms with Crippen molar-refractivity contribution in [2.75, 3.05) is 7.11 Å². The third-order valence-corrected chi connectivity index (χ3v) is 4.95. The van der Waals surface area contributed by atoms with Crippen molar-refractivity contribution < 1.29 is 4.74 Å². The Balaban J connectivity index is 2.36. The number of nitrogens with zero attached hydrogens (tertiary/aromatic N) is 2. The highest BCUT2D eigenvalue weighted by Gasteiger charge is 2.16. The van der Waals surface area contributed by atoms with Crippen LogP contribution in [0.15, 0.2) is 28.1 Å². The maximum Gasteiger partial charge on any atom is 0.171 e. The van der Waals surface area contributed by atoms with Gasteiger partial charge in [0, 0.05) is 4.47 Å². The number of aromatic nitrogens is 2. The van der Waals surface area contributed by atoms with E-state index in [4.69, 9.17) is 16.3 Å². The van der Waals surface area contributed by atoms with Gasteiger partial charge in [0.2, 0.25) is 0 Å². The van der Waals surface area contributed by atoms with Crippen LogP contribution in [0, 0.1) is 6.92 Å². The fraction of sp³-hybridized carbons (Fsp3) is 0.143. The van der Waals surface area contributed by atoms with Crippen LogP contribution in [0.1, 0.15) is 5.56 Å². The molecule has 102 valence electrons. The van der Waals surface area contributed by atoms with Gasteiger partial charge in [0.15, 0.2) is 5.82 Å². The van der Waals surface area contributed by atoms with Gasteiger partial charge in [-0.1, -0.05) is 11.6 Å². The van der Waals surface area contributed by atoms with Crippen molar-refractivity contribution in [3.63, 3.8) is 0 Å². The molecule has 2 heterocycles. The van der Waals surface area contributed by atoms with Crippen molar-refractivity contribution in [2.24, 2.45) is 0 Å². The van der Waals surface area contributed by atoms with Gasteiger partial charge in [0.05, 0.1) is 17.4 Å². The van der Waals surface area contributed by atoms with Crippen molar-refractivity contribution >= 4 is 49.8 Å². The minimum absolute atomic E-state index is 0.420. The molecule has 0 radical (unpaired) electrons. The van der Waals surface area contributed by atoms with Gasteiger partial charge >= 0.3 is 0 Å². The van der Waals surface area contributed by atoms with Crippen molar-refractivity contribution in [1.82, 2.24) is 9.97 Å². The number of fused-ring (bicyclic) bond motifs is 1. The van der Waals surface area contributed by atoms with E-state index < -0.39 is 0 Å². The normalized spacial score (nSPS) is 11.0. The van der Waals surface area contributed by atoms with Crippen LogP contribution in [0.5, 0.6) is 5.75 Å². The quantitative estimate of drug-likeness (QED) is 0.590. The second-order valence-corrected chi connectivity index (χ2v) is 6.37. The first-order valence-electron chi connectivity index (χ1n) is 5.86. The van der Waals surface area contributed by atoms with Gasteiger partial charge in [-0.2, -0.15) is 0 Å². The molecular weight excluding hydrogens is 360 g/mol. The zero-order valence-corrected chi connectivity index (χ0v) is 13.9. The monoisotopic (exact) mass is 368 g/mol. The molecule has 0 spiro atoms. The maximum absolute atomic E-state index is 6.33. The Morgan fingerprint density at radius 3 is 2.70 bits per heavy atom. The standard InChI is InChI=1S/C14H10BrClN2OS/c1-7-5-6-20-12(7)14-17-11-9(19-2)4-3-8(15)10(11)13(16)18-14/h3-6H,1-2H3. The Labute approximate surface area is 133 Å². The van der Waals surface area contributed by atoms with Gasteiger partial charge in [0.1, 0.15) is 16.4 Å². The number of hydrogen-bond donors (Lipinski definition) is 0. The van der Waals surface area contributed by atoms with E-state index in [9.17, 15) is 0 Å². The maximum atomic E-state index is 6.33. The molecule has 3 rings (SSSR count). The molecule has 0 N–H and O–H groups in total. The van der Waals surface area contributed by atoms with Crippen LogP contribution >= 0.6 is 38.9 Å². The Morgan fingerprint density at radius 2 is 2.05 bits per heavy atom. The molecule has 0 bridgehead atoms. The number of rotatable bonds is 2. The summed E-state index contributed by atoms with van der Waals surface area (Å²) in [6.45, 7) is 2.03. The molecule has 20 heavy (non-hydrogen) atoms. The van der Waals surface area contributed by atoms with Crippen LogP contribution in [0.4, 0.5) is 0 Å². The summed E-state index contributed by atoms with van der Waals surface area (Å²) >= 11 is 11.4. The van der Waals surface area contributed by atoms with Crippen molar-refractivity contribution in [1.29, 1.82) is 0 Å². The number of aryl methyl sites for hydroxylation is 1. The molecule has 2 aromatic heterocycles. The Kier molecular flexibility index (Phi) is 3.67. The summed E-state index contributed by atoms with van der Waals surface area (Å²) in [4.78, 5) is 10.1. The Morgan fingerprint density at radius 1 is 1.25 bits per heavy atom. The molecule has 0 atom stereocenters. The van der Waals surface area contributed by atoms with Gasteiger partial charge < -0.3 is 4.74 Å². The lowest BCUT2D eigenvalue weighted by molar-refractivity contribution is 0.419. The number of benzene rings is 1. The molecule has 6 heteroatoms. The van der Waals surface area contributed by atoms with E-state index in [1.54, 1.807) is 18.4 Å². The molecule has 0 saturated carbocycles. The second-order valence-electron chi connectivity index (χ2n) is 4.24. The van der Waals surface area contributed by atoms with Crippen LogP contribution in [-0.2, 0) is 0 Å². The summed E-state index contributed by atoms with van der Waals surface area (Å²) in [5, 5.41) is 3.21. The third kappa shape index (κ3) is 2.20. The minimum Gasteiger partial charge on any atom is -0.494 e. The molecule has 3 aromatic rings. The predicted molar refractivity (Wildman–Crippen MR) is 86.9 cm³/mol. The largest absolute Gasteiger partial charge is 0.494 e. The van der Waals surface area contributed by atoms with Gasteiger partial charge in [-0.25, -0.2) is 9.97 Å². The summed E-state index contributed by atoms with van der Waals surface area (Å²) < 4.78 is 6.23. The van der Waals surface area contributed by atoms with Crippen molar-refractivity contribution in [3.05, 3.63) is 38.8 Å². The van der Waals surface area contributed by atoms with Crippen LogP contribution in [-0.4, -0.2) is 17.1 Å². The highest BCUT2D eigenvalue weighted by Crippen LogP contribution is 2.37. The average Bonchev–Trinajstić information content (AvgIpc) is 2.85. The molecule has 3 nitrogen and oxygen atoms in total. The van der Waals surface area contributed by atoms with Gasteiger partial charge in [0.25, 0.3) is 0 Å². The predicted octanol–water partition coefficient (Wildman–Crippen LogP) is 5.09. The van der Waals surface area contributed by atoms with E-state index in [2.05, 4.69) is 25.9 Å². The Bertz CT molecular complexity index is 803. The number of methoxy groups -OCH3 is 1. The lowest BCUT2D eigenvalue weighted by atomic mass is 10.2. The van der Waals surface area contributed by atoms with Crippen LogP contribution in [0.3, 0.4) is 0 Å². The van der Waals surface area contributed by atoms with E-state index >= 15 is 0 Å². The zero-order chi connectivity index (χ0) is 14.3. The van der Waals surface area contributed by atoms with Crippen LogP contribution < -0.4 is 4.74 Å². The average molecular weight is 370 g/mol. The van der Waals surface area contributed by atoms with Gasteiger partial charge in [-0.3, -0.25) is 0 Å². The lowest BCUT2D eigenvalue weighted by Gasteiger charge is -2.09. The van der Waals surface area contributed by atoms with E-state index in [-0.39, 0.29) is 0 Å². The SMILES string of the molecule is COc1ccc(Br)c2c(Cl)nc(-c3sccc3C)nc12. The molecule has 0 aliphatic heterocycles. The fourth-order valence-corrected chi connectivity index (χ4v) is 3.75. The first-order chi connectivity index (χ1) is 9.61. The zero-order valence-electron chi connectivity index (χ0n) is 10.8. The highest BCUT2D eigenvalue weighted by atomic mass is 79.9. The highest BCUT2D eigenvalue weighted by molar-refractivity contribution is 9.10. The molecule has 0 aliphatic rings. The van der Waals surface area contributed by atoms with Gasteiger partial charge in [-0.15, -0.1) is 11.3 Å². The summed E-state index contributed by atoms with van der Waals surface area (Å²) in [5.74, 6) is 1.31. The van der Waals surface area contributed by atoms with E-state index in [0.29, 0.717) is 22.2 Å². The Hall–Kier alpha value is -1.17. The summed E-state index contributed by atoms with van der Waals surface area (Å²) in [5.41, 5.74) is 1.85. The first kappa shape index (κ1) is 13.8. The molecule has 0 saturated heterocycles. The van der Waals surface area contributed by atoms with Crippen LogP contribution in [0.2, 0.25) is 5.15 Å². The molecule has 1 aromatic carbocycles. The summed E-state index contributed by atoms with van der Waals surface area (Å²) in [7, 11) is 1.62. The third-order valence-electron chi connectivity index (χ3n) is 3.00. The van der Waals surface area contributed by atoms with Crippen molar-refractivity contribution in [2.45, 2.75) is 6.92 Å². The molecule has 0 fully saturated rings. The second kappa shape index (κ2) is 5.31. The van der Waals surface area contributed by atoms with Crippen molar-refractivity contribution in [3.8, 4) is 16.5 Å². The summed E-state index contributed by atoms with van der Waals surface area (Å²) in [6.07, 6.45) is 0. The topological polar surface area (TPSA) is 35.0 Å². The summed E-state index contributed by atoms with van der Waals surface area (Å²) in [6, 6.07) is 5.78. The molecule has 0 aliphatic carbocycles. The smallest absolute Gasteiger partial charge is 0.171 e. The molecule has 0 amide bonds. The number of halogens is 2. The first-order valence-corrected chi connectivity index (χ1v) is 7.91. The van der Waals surface area contributed by atoms with Crippen LogP contribution in [0.25, 0.3) is 21.6 Å². The number of ether oxygens (including phenoxy) is 1. The fourth-order valence-electron chi connectivity index (χ4n) is 2.00. The lowest BCUT2D eigenvalue weighted by Crippen LogP contribution is -1.95. The number of hydrogen-bond acceptors (Lipinski definition) is 4.